The van der Waals surface area contributed by atoms with Crippen LogP contribution in [-0.2, 0) is 14.8 Å². The van der Waals surface area contributed by atoms with Gasteiger partial charge in [-0.25, -0.2) is 18.5 Å². The van der Waals surface area contributed by atoms with Gasteiger partial charge in [0.15, 0.2) is 5.13 Å². The first kappa shape index (κ1) is 20.1. The molecule has 1 aliphatic heterocycles. The molecule has 1 unspecified atom stereocenters. The van der Waals surface area contributed by atoms with Crippen LogP contribution in [0.25, 0.3) is 16.9 Å². The average molecular weight is 433 g/mol. The molecule has 0 saturated carbocycles. The highest BCUT2D eigenvalue weighted by molar-refractivity contribution is 7.89. The molecule has 0 aliphatic carbocycles. The van der Waals surface area contributed by atoms with Crippen LogP contribution in [0.2, 0.25) is 0 Å². The number of primary sulfonamides is 1. The van der Waals surface area contributed by atoms with Crippen LogP contribution >= 0.6 is 11.3 Å². The Hall–Kier alpha value is -2.20. The Labute approximate surface area is 174 Å². The predicted molar refractivity (Wildman–Crippen MR) is 115 cm³/mol. The van der Waals surface area contributed by atoms with E-state index in [1.165, 1.54) is 12.1 Å². The minimum Gasteiger partial charge on any atom is -0.376 e. The Morgan fingerprint density at radius 3 is 2.72 bits per heavy atom. The molecule has 2 aromatic heterocycles. The molecule has 1 atom stereocenters. The highest BCUT2D eigenvalue weighted by Gasteiger charge is 2.18. The average Bonchev–Trinajstić information content (AvgIpc) is 3.40. The second-order valence-corrected chi connectivity index (χ2v) is 9.63. The van der Waals surface area contributed by atoms with Crippen molar-refractivity contribution >= 4 is 26.5 Å². The lowest BCUT2D eigenvalue weighted by atomic mass is 10.2. The first-order valence-corrected chi connectivity index (χ1v) is 11.9. The number of anilines is 1. The number of hydrogen-bond acceptors (Lipinski definition) is 6. The molecular weight excluding hydrogens is 408 g/mol. The minimum atomic E-state index is -3.70. The lowest BCUT2D eigenvalue weighted by Gasteiger charge is -2.10. The van der Waals surface area contributed by atoms with Gasteiger partial charge in [0.25, 0.3) is 0 Å². The van der Waals surface area contributed by atoms with Gasteiger partial charge in [-0.3, -0.25) is 0 Å². The van der Waals surface area contributed by atoms with E-state index in [2.05, 4.69) is 16.0 Å². The van der Waals surface area contributed by atoms with E-state index >= 15 is 0 Å². The largest absolute Gasteiger partial charge is 0.376 e. The number of sulfonamides is 1. The van der Waals surface area contributed by atoms with Gasteiger partial charge in [-0.15, -0.1) is 11.3 Å². The van der Waals surface area contributed by atoms with E-state index in [1.807, 2.05) is 19.2 Å². The van der Waals surface area contributed by atoms with E-state index in [0.29, 0.717) is 0 Å². The van der Waals surface area contributed by atoms with Crippen molar-refractivity contribution in [1.29, 1.82) is 0 Å². The molecule has 7 nitrogen and oxygen atoms in total. The molecule has 0 radical (unpaired) electrons. The van der Waals surface area contributed by atoms with Crippen molar-refractivity contribution in [2.45, 2.75) is 37.7 Å². The molecule has 1 aliphatic rings. The van der Waals surface area contributed by atoms with E-state index in [0.717, 1.165) is 59.5 Å². The molecular formula is C20H24N4O3S2. The smallest absolute Gasteiger partial charge is 0.238 e. The van der Waals surface area contributed by atoms with Crippen molar-refractivity contribution in [3.05, 3.63) is 47.1 Å². The number of thiazole rings is 1. The normalized spacial score (nSPS) is 17.0. The van der Waals surface area contributed by atoms with Crippen molar-refractivity contribution < 1.29 is 13.2 Å². The summed E-state index contributed by atoms with van der Waals surface area (Å²) in [6.45, 7) is 5.68. The summed E-state index contributed by atoms with van der Waals surface area (Å²) in [5, 5.41) is 11.5. The number of rotatable bonds is 6. The summed E-state index contributed by atoms with van der Waals surface area (Å²) in [7, 11) is -3.70. The van der Waals surface area contributed by atoms with Crippen LogP contribution in [0.1, 0.15) is 24.2 Å². The topological polar surface area (TPSA) is 99.2 Å². The van der Waals surface area contributed by atoms with Crippen molar-refractivity contribution in [1.82, 2.24) is 9.55 Å². The molecule has 9 heteroatoms. The number of hydrogen-bond donors (Lipinski definition) is 2. The second kappa shape index (κ2) is 7.91. The standard InChI is InChI=1S/C20H24N4O3S2/c1-13-10-18(19-12-28-20(23-19)22-11-16-4-3-9-27-16)14(2)24(13)15-5-7-17(8-6-15)29(21,25)26/h5-8,10,12,16H,3-4,9,11H2,1-2H3,(H,22,23)(H2,21,25,26). The number of nitrogens with zero attached hydrogens (tertiary/aromatic N) is 2. The van der Waals surface area contributed by atoms with Crippen LogP contribution in [0.15, 0.2) is 40.6 Å². The lowest BCUT2D eigenvalue weighted by Crippen LogP contribution is -2.18. The van der Waals surface area contributed by atoms with Gasteiger partial charge in [-0.05, 0) is 57.0 Å². The zero-order chi connectivity index (χ0) is 20.6. The van der Waals surface area contributed by atoms with Crippen LogP contribution in [0.5, 0.6) is 0 Å². The predicted octanol–water partition coefficient (Wildman–Crippen LogP) is 3.46. The van der Waals surface area contributed by atoms with Crippen molar-refractivity contribution in [2.24, 2.45) is 5.14 Å². The quantitative estimate of drug-likeness (QED) is 0.621. The molecule has 0 bridgehead atoms. The Balaban J connectivity index is 1.57. The fourth-order valence-electron chi connectivity index (χ4n) is 3.69. The third kappa shape index (κ3) is 4.23. The van der Waals surface area contributed by atoms with Crippen LogP contribution in [0.3, 0.4) is 0 Å². The SMILES string of the molecule is Cc1cc(-c2csc(NCC3CCCO3)n2)c(C)n1-c1ccc(S(N)(=O)=O)cc1. The number of nitrogens with one attached hydrogen (secondary N) is 1. The van der Waals surface area contributed by atoms with E-state index < -0.39 is 10.0 Å². The van der Waals surface area contributed by atoms with Gasteiger partial charge in [0, 0.05) is 41.2 Å². The van der Waals surface area contributed by atoms with E-state index in [-0.39, 0.29) is 11.0 Å². The van der Waals surface area contributed by atoms with E-state index in [9.17, 15) is 8.42 Å². The number of benzene rings is 1. The summed E-state index contributed by atoms with van der Waals surface area (Å²) < 4.78 is 30.7. The summed E-state index contributed by atoms with van der Waals surface area (Å²) in [6, 6.07) is 8.68. The van der Waals surface area contributed by atoms with Gasteiger partial charge in [-0.1, -0.05) is 0 Å². The molecule has 1 fully saturated rings. The van der Waals surface area contributed by atoms with Crippen LogP contribution in [-0.4, -0.2) is 37.2 Å². The second-order valence-electron chi connectivity index (χ2n) is 7.21. The fraction of sp³-hybridized carbons (Fsp3) is 0.350. The maximum atomic E-state index is 11.5. The Morgan fingerprint density at radius 2 is 2.07 bits per heavy atom. The Bertz CT molecular complexity index is 1110. The lowest BCUT2D eigenvalue weighted by molar-refractivity contribution is 0.120. The minimum absolute atomic E-state index is 0.102. The zero-order valence-corrected chi connectivity index (χ0v) is 18.0. The van der Waals surface area contributed by atoms with Gasteiger partial charge in [-0.2, -0.15) is 0 Å². The molecule has 1 saturated heterocycles. The highest BCUT2D eigenvalue weighted by Crippen LogP contribution is 2.32. The van der Waals surface area contributed by atoms with Gasteiger partial charge in [0.1, 0.15) is 0 Å². The fourth-order valence-corrected chi connectivity index (χ4v) is 4.93. The van der Waals surface area contributed by atoms with Crippen molar-refractivity contribution in [2.75, 3.05) is 18.5 Å². The molecule has 3 aromatic rings. The first-order chi connectivity index (χ1) is 13.8. The third-order valence-electron chi connectivity index (χ3n) is 5.14. The molecule has 1 aromatic carbocycles. The summed E-state index contributed by atoms with van der Waals surface area (Å²) >= 11 is 1.58. The Kier molecular flexibility index (Phi) is 5.48. The van der Waals surface area contributed by atoms with Crippen LogP contribution in [0, 0.1) is 13.8 Å². The maximum Gasteiger partial charge on any atom is 0.238 e. The highest BCUT2D eigenvalue weighted by atomic mass is 32.2. The number of nitrogens with two attached hydrogens (primary N) is 1. The molecule has 0 spiro atoms. The van der Waals surface area contributed by atoms with Crippen molar-refractivity contribution in [3.63, 3.8) is 0 Å². The summed E-state index contributed by atoms with van der Waals surface area (Å²) in [6.07, 6.45) is 2.49. The molecule has 0 amide bonds. The number of aromatic nitrogens is 2. The molecule has 3 N–H and O–H groups in total. The number of ether oxygens (including phenoxy) is 1. The van der Waals surface area contributed by atoms with Crippen molar-refractivity contribution in [3.8, 4) is 16.9 Å². The van der Waals surface area contributed by atoms with E-state index in [4.69, 9.17) is 14.9 Å². The van der Waals surface area contributed by atoms with E-state index in [1.54, 1.807) is 23.5 Å². The molecule has 29 heavy (non-hydrogen) atoms. The maximum absolute atomic E-state index is 11.5. The Morgan fingerprint density at radius 1 is 1.31 bits per heavy atom. The molecule has 3 heterocycles. The third-order valence-corrected chi connectivity index (χ3v) is 6.87. The molecule has 4 rings (SSSR count). The van der Waals surface area contributed by atoms with Gasteiger partial charge in [0.2, 0.25) is 10.0 Å². The van der Waals surface area contributed by atoms with Gasteiger partial charge in [0.05, 0.1) is 16.7 Å². The summed E-state index contributed by atoms with van der Waals surface area (Å²) in [4.78, 5) is 4.84. The monoisotopic (exact) mass is 432 g/mol. The number of aryl methyl sites for hydroxylation is 1. The summed E-state index contributed by atoms with van der Waals surface area (Å²) in [5.41, 5.74) is 4.94. The zero-order valence-electron chi connectivity index (χ0n) is 16.4. The molecule has 154 valence electrons. The van der Waals surface area contributed by atoms with Gasteiger partial charge >= 0.3 is 0 Å². The first-order valence-electron chi connectivity index (χ1n) is 9.46. The van der Waals surface area contributed by atoms with Crippen LogP contribution < -0.4 is 10.5 Å². The van der Waals surface area contributed by atoms with Crippen LogP contribution in [0.4, 0.5) is 5.13 Å². The van der Waals surface area contributed by atoms with Gasteiger partial charge < -0.3 is 14.6 Å². The summed E-state index contributed by atoms with van der Waals surface area (Å²) in [5.74, 6) is 0.